The number of halogens is 1. The third-order valence-corrected chi connectivity index (χ3v) is 2.49. The van der Waals surface area contributed by atoms with Crippen molar-refractivity contribution in [3.63, 3.8) is 0 Å². The van der Waals surface area contributed by atoms with Gasteiger partial charge in [-0.2, -0.15) is 0 Å². The molecule has 0 N–H and O–H groups in total. The molecule has 1 aromatic rings. The first kappa shape index (κ1) is 10.2. The van der Waals surface area contributed by atoms with Crippen LogP contribution in [0, 0.1) is 5.82 Å². The van der Waals surface area contributed by atoms with Crippen LogP contribution in [0.1, 0.15) is 12.5 Å². The lowest BCUT2D eigenvalue weighted by atomic mass is 10.1. The van der Waals surface area contributed by atoms with Gasteiger partial charge in [0, 0.05) is 0 Å². The summed E-state index contributed by atoms with van der Waals surface area (Å²) in [5, 5.41) is 0. The second-order valence-electron chi connectivity index (χ2n) is 3.25. The van der Waals surface area contributed by atoms with E-state index in [1.165, 1.54) is 6.07 Å². The predicted molar refractivity (Wildman–Crippen MR) is 55.3 cm³/mol. The average molecular weight is 198 g/mol. The Kier molecular flexibility index (Phi) is 3.48. The summed E-state index contributed by atoms with van der Waals surface area (Å²) in [5.41, 5.74) is 0.959. The maximum atomic E-state index is 13.3. The van der Waals surface area contributed by atoms with Crippen LogP contribution in [-0.4, -0.2) is 9.04 Å². The van der Waals surface area contributed by atoms with Crippen LogP contribution in [0.3, 0.4) is 0 Å². The standard InChI is InChI=1S/C10H15FOSi/c1-4-8-6-5-7-9(11)10(8)12-13(2)3/h5-7,13H,4H2,1-3H3. The van der Waals surface area contributed by atoms with E-state index < -0.39 is 9.04 Å². The predicted octanol–water partition coefficient (Wildman–Crippen LogP) is 2.75. The fourth-order valence-electron chi connectivity index (χ4n) is 1.20. The molecule has 0 aliphatic heterocycles. The zero-order chi connectivity index (χ0) is 9.84. The number of hydrogen-bond acceptors (Lipinski definition) is 1. The van der Waals surface area contributed by atoms with Crippen LogP contribution in [0.4, 0.5) is 4.39 Å². The van der Waals surface area contributed by atoms with Gasteiger partial charge < -0.3 is 4.43 Å². The largest absolute Gasteiger partial charge is 0.545 e. The minimum Gasteiger partial charge on any atom is -0.545 e. The monoisotopic (exact) mass is 198 g/mol. The van der Waals surface area contributed by atoms with Crippen LogP contribution < -0.4 is 4.43 Å². The van der Waals surface area contributed by atoms with Gasteiger partial charge in [-0.25, -0.2) is 4.39 Å². The maximum absolute atomic E-state index is 13.3. The summed E-state index contributed by atoms with van der Waals surface area (Å²) in [7, 11) is -1.21. The lowest BCUT2D eigenvalue weighted by molar-refractivity contribution is 0.503. The van der Waals surface area contributed by atoms with Crippen LogP contribution in [0.2, 0.25) is 13.1 Å². The van der Waals surface area contributed by atoms with Crippen LogP contribution in [0.25, 0.3) is 0 Å². The molecule has 1 rings (SSSR count). The van der Waals surface area contributed by atoms with Crippen LogP contribution >= 0.6 is 0 Å². The van der Waals surface area contributed by atoms with Gasteiger partial charge in [-0.15, -0.1) is 0 Å². The van der Waals surface area contributed by atoms with Crippen molar-refractivity contribution in [1.82, 2.24) is 0 Å². The van der Waals surface area contributed by atoms with Crippen molar-refractivity contribution < 1.29 is 8.82 Å². The van der Waals surface area contributed by atoms with Gasteiger partial charge in [0.05, 0.1) is 0 Å². The summed E-state index contributed by atoms with van der Waals surface area (Å²) < 4.78 is 18.8. The molecule has 0 fully saturated rings. The molecule has 0 heterocycles. The minimum atomic E-state index is -1.21. The van der Waals surface area contributed by atoms with Gasteiger partial charge in [0.2, 0.25) is 9.04 Å². The highest BCUT2D eigenvalue weighted by molar-refractivity contribution is 6.49. The molecule has 0 aromatic heterocycles. The Morgan fingerprint density at radius 3 is 2.62 bits per heavy atom. The molecule has 0 radical (unpaired) electrons. The number of hydrogen-bond donors (Lipinski definition) is 0. The molecule has 72 valence electrons. The van der Waals surface area contributed by atoms with E-state index in [1.54, 1.807) is 6.07 Å². The van der Waals surface area contributed by atoms with Gasteiger partial charge in [-0.1, -0.05) is 19.1 Å². The first-order chi connectivity index (χ1) is 6.15. The first-order valence-corrected chi connectivity index (χ1v) is 7.37. The summed E-state index contributed by atoms with van der Waals surface area (Å²) >= 11 is 0. The molecule has 0 atom stereocenters. The summed E-state index contributed by atoms with van der Waals surface area (Å²) in [4.78, 5) is 0. The summed E-state index contributed by atoms with van der Waals surface area (Å²) in [6, 6.07) is 5.09. The van der Waals surface area contributed by atoms with Crippen molar-refractivity contribution >= 4 is 9.04 Å². The molecule has 0 aliphatic carbocycles. The quantitative estimate of drug-likeness (QED) is 0.679. The van der Waals surface area contributed by atoms with Crippen LogP contribution in [-0.2, 0) is 6.42 Å². The second-order valence-corrected chi connectivity index (χ2v) is 5.58. The fourth-order valence-corrected chi connectivity index (χ4v) is 1.93. The Morgan fingerprint density at radius 2 is 2.08 bits per heavy atom. The highest BCUT2D eigenvalue weighted by Gasteiger charge is 2.09. The Balaban J connectivity index is 3.00. The zero-order valence-electron chi connectivity index (χ0n) is 8.30. The first-order valence-electron chi connectivity index (χ1n) is 4.59. The molecule has 1 aromatic carbocycles. The van der Waals surface area contributed by atoms with E-state index in [4.69, 9.17) is 4.43 Å². The number of para-hydroxylation sites is 1. The van der Waals surface area contributed by atoms with Gasteiger partial charge in [0.15, 0.2) is 5.82 Å². The van der Waals surface area contributed by atoms with Crippen LogP contribution in [0.5, 0.6) is 5.75 Å². The lowest BCUT2D eigenvalue weighted by Gasteiger charge is -2.13. The average Bonchev–Trinajstić information content (AvgIpc) is 2.08. The Morgan fingerprint density at radius 1 is 1.38 bits per heavy atom. The van der Waals surface area contributed by atoms with Gasteiger partial charge in [0.1, 0.15) is 5.75 Å². The molecule has 0 aliphatic rings. The number of benzene rings is 1. The highest BCUT2D eigenvalue weighted by Crippen LogP contribution is 2.23. The molecular formula is C10H15FOSi. The Bertz CT molecular complexity index is 286. The van der Waals surface area contributed by atoms with Crippen molar-refractivity contribution in [2.75, 3.05) is 0 Å². The van der Waals surface area contributed by atoms with Crippen molar-refractivity contribution in [3.05, 3.63) is 29.6 Å². The second kappa shape index (κ2) is 4.42. The van der Waals surface area contributed by atoms with E-state index in [9.17, 15) is 4.39 Å². The minimum absolute atomic E-state index is 0.236. The maximum Gasteiger partial charge on any atom is 0.229 e. The van der Waals surface area contributed by atoms with E-state index in [2.05, 4.69) is 0 Å². The third-order valence-electron chi connectivity index (χ3n) is 1.78. The van der Waals surface area contributed by atoms with E-state index in [1.807, 2.05) is 26.1 Å². The summed E-state index contributed by atoms with van der Waals surface area (Å²) in [6.45, 7) is 6.07. The van der Waals surface area contributed by atoms with E-state index >= 15 is 0 Å². The smallest absolute Gasteiger partial charge is 0.229 e. The molecular weight excluding hydrogens is 183 g/mol. The van der Waals surface area contributed by atoms with Crippen molar-refractivity contribution in [3.8, 4) is 5.75 Å². The lowest BCUT2D eigenvalue weighted by Crippen LogP contribution is -2.13. The van der Waals surface area contributed by atoms with Gasteiger partial charge in [0.25, 0.3) is 0 Å². The highest BCUT2D eigenvalue weighted by atomic mass is 28.3. The Hall–Kier alpha value is -0.833. The molecule has 1 nitrogen and oxygen atoms in total. The van der Waals surface area contributed by atoms with Gasteiger partial charge in [-0.3, -0.25) is 0 Å². The normalized spacial score (nSPS) is 10.5. The molecule has 0 bridgehead atoms. The molecule has 13 heavy (non-hydrogen) atoms. The Labute approximate surface area is 80.3 Å². The topological polar surface area (TPSA) is 9.23 Å². The van der Waals surface area contributed by atoms with Gasteiger partial charge in [-0.05, 0) is 31.1 Å². The van der Waals surface area contributed by atoms with E-state index in [-0.39, 0.29) is 5.82 Å². The molecule has 0 unspecified atom stereocenters. The summed E-state index contributed by atoms with van der Waals surface area (Å²) in [6.07, 6.45) is 0.814. The van der Waals surface area contributed by atoms with Crippen molar-refractivity contribution in [2.45, 2.75) is 26.4 Å². The molecule has 0 amide bonds. The van der Waals surface area contributed by atoms with Crippen molar-refractivity contribution in [1.29, 1.82) is 0 Å². The fraction of sp³-hybridized carbons (Fsp3) is 0.400. The molecule has 0 spiro atoms. The summed E-state index contributed by atoms with van der Waals surface area (Å²) in [5.74, 6) is 0.229. The zero-order valence-corrected chi connectivity index (χ0v) is 9.46. The third kappa shape index (κ3) is 2.55. The van der Waals surface area contributed by atoms with E-state index in [0.717, 1.165) is 12.0 Å². The molecule has 0 saturated carbocycles. The number of aryl methyl sites for hydroxylation is 1. The van der Waals surface area contributed by atoms with Crippen molar-refractivity contribution in [2.24, 2.45) is 0 Å². The SMILES string of the molecule is CCc1cccc(F)c1O[SiH](C)C. The molecule has 3 heteroatoms. The van der Waals surface area contributed by atoms with Crippen LogP contribution in [0.15, 0.2) is 18.2 Å². The van der Waals surface area contributed by atoms with E-state index in [0.29, 0.717) is 5.75 Å². The molecule has 0 saturated heterocycles. The van der Waals surface area contributed by atoms with Gasteiger partial charge >= 0.3 is 0 Å². The number of rotatable bonds is 3.